The normalized spacial score (nSPS) is 20.8. The van der Waals surface area contributed by atoms with Crippen molar-refractivity contribution in [3.05, 3.63) is 33.9 Å². The molecule has 8 heteroatoms. The summed E-state index contributed by atoms with van der Waals surface area (Å²) in [5, 5.41) is 14.3. The van der Waals surface area contributed by atoms with E-state index in [0.29, 0.717) is 24.8 Å². The van der Waals surface area contributed by atoms with Gasteiger partial charge < -0.3 is 10.1 Å². The van der Waals surface area contributed by atoms with E-state index in [2.05, 4.69) is 10.8 Å². The van der Waals surface area contributed by atoms with Gasteiger partial charge >= 0.3 is 0 Å². The number of carbonyl (C=O) groups excluding carboxylic acids is 1. The highest BCUT2D eigenvalue weighted by Gasteiger charge is 2.26. The number of anilines is 1. The molecule has 0 bridgehead atoms. The van der Waals surface area contributed by atoms with Gasteiger partial charge in [0, 0.05) is 30.7 Å². The lowest BCUT2D eigenvalue weighted by Crippen LogP contribution is -2.33. The number of hydrogen-bond donors (Lipinski definition) is 2. The van der Waals surface area contributed by atoms with Gasteiger partial charge in [-0.3, -0.25) is 14.9 Å². The van der Waals surface area contributed by atoms with Crippen molar-refractivity contribution in [2.45, 2.75) is 44.4 Å². The maximum Gasteiger partial charge on any atom is 0.293 e. The molecular weight excluding hydrogens is 302 g/mol. The zero-order valence-corrected chi connectivity index (χ0v) is 12.6. The first-order valence-electron chi connectivity index (χ1n) is 7.76. The van der Waals surface area contributed by atoms with Crippen molar-refractivity contribution in [1.29, 1.82) is 0 Å². The number of hydroxylamine groups is 1. The molecule has 2 aliphatic rings. The van der Waals surface area contributed by atoms with Crippen LogP contribution in [0.2, 0.25) is 0 Å². The molecule has 1 aromatic carbocycles. The lowest BCUT2D eigenvalue weighted by molar-refractivity contribution is -0.384. The van der Waals surface area contributed by atoms with Gasteiger partial charge in [-0.2, -0.15) is 0 Å². The van der Waals surface area contributed by atoms with E-state index in [-0.39, 0.29) is 11.3 Å². The first-order chi connectivity index (χ1) is 11.1. The van der Waals surface area contributed by atoms with Crippen LogP contribution in [0.5, 0.6) is 0 Å². The molecule has 23 heavy (non-hydrogen) atoms. The average Bonchev–Trinajstić information content (AvgIpc) is 3.37. The molecule has 8 nitrogen and oxygen atoms in total. The number of rotatable bonds is 6. The van der Waals surface area contributed by atoms with Crippen molar-refractivity contribution in [2.24, 2.45) is 0 Å². The molecule has 1 aliphatic heterocycles. The second-order valence-electron chi connectivity index (χ2n) is 5.75. The molecule has 0 unspecified atom stereocenters. The minimum atomic E-state index is -0.528. The minimum Gasteiger partial charge on any atom is -0.377 e. The minimum absolute atomic E-state index is 0.113. The number of nitro groups is 1. The lowest BCUT2D eigenvalue weighted by Gasteiger charge is -2.22. The van der Waals surface area contributed by atoms with Crippen LogP contribution >= 0.6 is 0 Å². The smallest absolute Gasteiger partial charge is 0.293 e. The molecule has 2 N–H and O–H groups in total. The van der Waals surface area contributed by atoms with E-state index in [4.69, 9.17) is 9.57 Å². The summed E-state index contributed by atoms with van der Waals surface area (Å²) in [7, 11) is 0. The van der Waals surface area contributed by atoms with Crippen molar-refractivity contribution in [3.63, 3.8) is 0 Å². The molecular formula is C15H19N3O5. The number of benzene rings is 1. The second-order valence-corrected chi connectivity index (χ2v) is 5.75. The van der Waals surface area contributed by atoms with Gasteiger partial charge in [-0.1, -0.05) is 0 Å². The van der Waals surface area contributed by atoms with Gasteiger partial charge in [0.15, 0.2) is 6.29 Å². The largest absolute Gasteiger partial charge is 0.377 e. The Morgan fingerprint density at radius 3 is 2.78 bits per heavy atom. The van der Waals surface area contributed by atoms with Gasteiger partial charge in [-0.15, -0.1) is 0 Å². The third-order valence-corrected chi connectivity index (χ3v) is 3.81. The first kappa shape index (κ1) is 15.7. The number of ether oxygens (including phenoxy) is 1. The van der Waals surface area contributed by atoms with Crippen molar-refractivity contribution in [2.75, 3.05) is 11.9 Å². The molecule has 0 spiro atoms. The van der Waals surface area contributed by atoms with Gasteiger partial charge in [0.2, 0.25) is 0 Å². The van der Waals surface area contributed by atoms with Crippen LogP contribution in [-0.4, -0.2) is 29.8 Å². The number of nitro benzene ring substituents is 1. The van der Waals surface area contributed by atoms with E-state index in [1.165, 1.54) is 12.1 Å². The third kappa shape index (κ3) is 4.17. The number of hydrogen-bond acceptors (Lipinski definition) is 6. The maximum atomic E-state index is 12.1. The molecule has 1 atom stereocenters. The summed E-state index contributed by atoms with van der Waals surface area (Å²) in [5.74, 6) is -0.528. The number of amides is 1. The van der Waals surface area contributed by atoms with Gasteiger partial charge in [0.05, 0.1) is 4.92 Å². The summed E-state index contributed by atoms with van der Waals surface area (Å²) in [6.07, 6.45) is 4.23. The van der Waals surface area contributed by atoms with E-state index in [1.807, 2.05) is 0 Å². The van der Waals surface area contributed by atoms with Gasteiger partial charge in [-0.05, 0) is 37.8 Å². The highest BCUT2D eigenvalue weighted by atomic mass is 16.8. The quantitative estimate of drug-likeness (QED) is 0.616. The van der Waals surface area contributed by atoms with E-state index >= 15 is 0 Å². The van der Waals surface area contributed by atoms with Crippen LogP contribution in [0.4, 0.5) is 11.4 Å². The van der Waals surface area contributed by atoms with Crippen LogP contribution in [0.15, 0.2) is 18.2 Å². The van der Waals surface area contributed by atoms with Crippen LogP contribution in [0.25, 0.3) is 0 Å². The molecule has 0 aromatic heterocycles. The highest BCUT2D eigenvalue weighted by molar-refractivity contribution is 5.95. The molecule has 2 fully saturated rings. The Morgan fingerprint density at radius 2 is 2.13 bits per heavy atom. The van der Waals surface area contributed by atoms with Crippen molar-refractivity contribution >= 4 is 17.3 Å². The Kier molecular flexibility index (Phi) is 4.73. The SMILES string of the molecule is O=C(NO[C@H]1CCCCO1)c1ccc(NC2CC2)c([N+](=O)[O-])c1. The van der Waals surface area contributed by atoms with Crippen LogP contribution < -0.4 is 10.8 Å². The Bertz CT molecular complexity index is 597. The molecule has 1 aromatic rings. The summed E-state index contributed by atoms with van der Waals surface area (Å²) >= 11 is 0. The van der Waals surface area contributed by atoms with Crippen LogP contribution in [0.3, 0.4) is 0 Å². The summed E-state index contributed by atoms with van der Waals surface area (Å²) in [6, 6.07) is 4.64. The Balaban J connectivity index is 1.64. The third-order valence-electron chi connectivity index (χ3n) is 3.81. The Morgan fingerprint density at radius 1 is 1.30 bits per heavy atom. The molecule has 1 saturated carbocycles. The molecule has 1 heterocycles. The molecule has 0 radical (unpaired) electrons. The van der Waals surface area contributed by atoms with Gasteiger partial charge in [0.25, 0.3) is 11.6 Å². The number of nitrogens with one attached hydrogen (secondary N) is 2. The maximum absolute atomic E-state index is 12.1. The monoisotopic (exact) mass is 321 g/mol. The van der Waals surface area contributed by atoms with E-state index < -0.39 is 17.1 Å². The molecule has 3 rings (SSSR count). The standard InChI is InChI=1S/C15H19N3O5/c19-15(17-23-14-3-1-2-8-22-14)10-4-7-12(16-11-5-6-11)13(9-10)18(20)21/h4,7,9,11,14,16H,1-3,5-6,8H2,(H,17,19)/t14-/m0/s1. The van der Waals surface area contributed by atoms with E-state index in [1.54, 1.807) is 6.07 Å². The van der Waals surface area contributed by atoms with Crippen LogP contribution in [0, 0.1) is 10.1 Å². The van der Waals surface area contributed by atoms with E-state index in [9.17, 15) is 14.9 Å². The fourth-order valence-corrected chi connectivity index (χ4v) is 2.38. The molecule has 1 saturated heterocycles. The first-order valence-corrected chi connectivity index (χ1v) is 7.76. The number of carbonyl (C=O) groups is 1. The number of nitrogens with zero attached hydrogens (tertiary/aromatic N) is 1. The second kappa shape index (κ2) is 6.93. The topological polar surface area (TPSA) is 103 Å². The predicted molar refractivity (Wildman–Crippen MR) is 81.9 cm³/mol. The summed E-state index contributed by atoms with van der Waals surface area (Å²) in [4.78, 5) is 28.0. The fraction of sp³-hybridized carbons (Fsp3) is 0.533. The summed E-state index contributed by atoms with van der Waals surface area (Å²) < 4.78 is 5.34. The van der Waals surface area contributed by atoms with Gasteiger partial charge in [-0.25, -0.2) is 10.3 Å². The zero-order valence-electron chi connectivity index (χ0n) is 12.6. The summed E-state index contributed by atoms with van der Waals surface area (Å²) in [5.41, 5.74) is 2.80. The average molecular weight is 321 g/mol. The lowest BCUT2D eigenvalue weighted by atomic mass is 10.1. The Hall–Kier alpha value is -2.19. The summed E-state index contributed by atoms with van der Waals surface area (Å²) in [6.45, 7) is 0.605. The van der Waals surface area contributed by atoms with Gasteiger partial charge in [0.1, 0.15) is 5.69 Å². The molecule has 1 amide bonds. The van der Waals surface area contributed by atoms with Crippen molar-refractivity contribution in [3.8, 4) is 0 Å². The van der Waals surface area contributed by atoms with E-state index in [0.717, 1.165) is 25.7 Å². The fourth-order valence-electron chi connectivity index (χ4n) is 2.38. The van der Waals surface area contributed by atoms with Crippen molar-refractivity contribution in [1.82, 2.24) is 5.48 Å². The van der Waals surface area contributed by atoms with Crippen LogP contribution in [0.1, 0.15) is 42.5 Å². The molecule has 124 valence electrons. The van der Waals surface area contributed by atoms with Crippen LogP contribution in [-0.2, 0) is 9.57 Å². The highest BCUT2D eigenvalue weighted by Crippen LogP contribution is 2.31. The predicted octanol–water partition coefficient (Wildman–Crippen LogP) is 2.36. The zero-order chi connectivity index (χ0) is 16.2. The van der Waals surface area contributed by atoms with Crippen molar-refractivity contribution < 1.29 is 19.3 Å². The molecule has 1 aliphatic carbocycles. The Labute approximate surface area is 133 Å².